The normalized spacial score (nSPS) is 13.0. The zero-order chi connectivity index (χ0) is 17.1. The second-order valence-corrected chi connectivity index (χ2v) is 6.47. The third-order valence-corrected chi connectivity index (χ3v) is 4.68. The van der Waals surface area contributed by atoms with Crippen molar-refractivity contribution >= 4 is 10.1 Å². The smallest absolute Gasteiger partial charge is 0.204 e. The van der Waals surface area contributed by atoms with E-state index in [9.17, 15) is 18.1 Å². The summed E-state index contributed by atoms with van der Waals surface area (Å²) in [4.78, 5) is -0.429. The van der Waals surface area contributed by atoms with E-state index in [1.165, 1.54) is 14.2 Å². The Labute approximate surface area is 131 Å². The first kappa shape index (κ1) is 18.6. The molecule has 0 saturated carbocycles. The van der Waals surface area contributed by atoms with Crippen LogP contribution in [0, 0.1) is 0 Å². The second-order valence-electron chi connectivity index (χ2n) is 5.15. The third kappa shape index (κ3) is 3.30. The number of phenolic OH excluding ortho intramolecular Hbond substituents is 1. The molecule has 1 aromatic carbocycles. The zero-order valence-electron chi connectivity index (χ0n) is 13.6. The minimum absolute atomic E-state index is 0.118. The van der Waals surface area contributed by atoms with Gasteiger partial charge in [-0.3, -0.25) is 0 Å². The first-order chi connectivity index (χ1) is 10.2. The molecule has 0 heterocycles. The molecule has 1 atom stereocenters. The Morgan fingerprint density at radius 3 is 2.09 bits per heavy atom. The zero-order valence-corrected chi connectivity index (χ0v) is 14.4. The first-order valence-electron chi connectivity index (χ1n) is 7.19. The minimum Gasteiger partial charge on any atom is -0.744 e. The van der Waals surface area contributed by atoms with Gasteiger partial charge in [-0.1, -0.05) is 27.2 Å². The summed E-state index contributed by atoms with van der Waals surface area (Å²) in [6.45, 7) is 5.65. The van der Waals surface area contributed by atoms with Crippen molar-refractivity contribution in [2.45, 2.75) is 50.8 Å². The van der Waals surface area contributed by atoms with Gasteiger partial charge in [0, 0.05) is 5.56 Å². The predicted molar refractivity (Wildman–Crippen MR) is 81.9 cm³/mol. The molecule has 0 spiro atoms. The van der Waals surface area contributed by atoms with Gasteiger partial charge in [-0.05, 0) is 24.3 Å². The Balaban J connectivity index is 4.01. The minimum atomic E-state index is -4.78. The van der Waals surface area contributed by atoms with Gasteiger partial charge in [0.1, 0.15) is 15.0 Å². The molecule has 0 radical (unpaired) electrons. The summed E-state index contributed by atoms with van der Waals surface area (Å²) in [6, 6.07) is 0. The lowest BCUT2D eigenvalue weighted by Crippen LogP contribution is -2.12. The number of ether oxygens (including phenoxy) is 2. The van der Waals surface area contributed by atoms with Crippen molar-refractivity contribution in [3.63, 3.8) is 0 Å². The predicted octanol–water partition coefficient (Wildman–Crippen LogP) is 2.78. The van der Waals surface area contributed by atoms with Crippen LogP contribution in [0.2, 0.25) is 0 Å². The van der Waals surface area contributed by atoms with Gasteiger partial charge in [0.2, 0.25) is 5.75 Å². The number of methoxy groups -OCH3 is 2. The number of benzene rings is 1. The van der Waals surface area contributed by atoms with E-state index in [1.807, 2.05) is 20.8 Å². The van der Waals surface area contributed by atoms with E-state index in [0.29, 0.717) is 30.4 Å². The Hall–Kier alpha value is -1.47. The Kier molecular flexibility index (Phi) is 6.08. The standard InChI is InChI=1S/C15H24O6S/c1-6-8-10-11(9(3)7-2)12(16)13(20-4)14(21-5)15(10)22(17,18)19/h9,16H,6-8H2,1-5H3,(H,17,18,19)/p-1. The molecule has 6 nitrogen and oxygen atoms in total. The van der Waals surface area contributed by atoms with E-state index < -0.39 is 15.0 Å². The first-order valence-corrected chi connectivity index (χ1v) is 8.60. The number of phenols is 1. The van der Waals surface area contributed by atoms with Gasteiger partial charge in [-0.25, -0.2) is 8.42 Å². The molecule has 1 unspecified atom stereocenters. The van der Waals surface area contributed by atoms with Crippen molar-refractivity contribution in [1.82, 2.24) is 0 Å². The molecule has 0 aliphatic carbocycles. The number of hydrogen-bond acceptors (Lipinski definition) is 6. The highest BCUT2D eigenvalue weighted by atomic mass is 32.2. The summed E-state index contributed by atoms with van der Waals surface area (Å²) in [6.07, 6.45) is 1.66. The second kappa shape index (κ2) is 7.19. The van der Waals surface area contributed by atoms with Crippen molar-refractivity contribution in [2.24, 2.45) is 0 Å². The van der Waals surface area contributed by atoms with E-state index in [0.717, 1.165) is 0 Å². The van der Waals surface area contributed by atoms with Gasteiger partial charge < -0.3 is 19.1 Å². The summed E-state index contributed by atoms with van der Waals surface area (Å²) in [5.41, 5.74) is 0.762. The van der Waals surface area contributed by atoms with Crippen molar-refractivity contribution in [1.29, 1.82) is 0 Å². The molecule has 0 bridgehead atoms. The van der Waals surface area contributed by atoms with Crippen LogP contribution in [-0.2, 0) is 16.5 Å². The van der Waals surface area contributed by atoms with Gasteiger partial charge >= 0.3 is 0 Å². The molecule has 1 aromatic rings. The molecular formula is C15H23O6S-. The summed E-state index contributed by atoms with van der Waals surface area (Å²) >= 11 is 0. The maximum Gasteiger partial charge on any atom is 0.204 e. The SMILES string of the molecule is CCCc1c(C(C)CC)c(O)c(OC)c(OC)c1S(=O)(=O)[O-]. The van der Waals surface area contributed by atoms with Crippen LogP contribution in [0.25, 0.3) is 0 Å². The summed E-state index contributed by atoms with van der Waals surface area (Å²) < 4.78 is 45.5. The molecule has 0 saturated heterocycles. The van der Waals surface area contributed by atoms with Crippen LogP contribution in [0.15, 0.2) is 4.90 Å². The van der Waals surface area contributed by atoms with Crippen LogP contribution in [0.3, 0.4) is 0 Å². The van der Waals surface area contributed by atoms with E-state index >= 15 is 0 Å². The van der Waals surface area contributed by atoms with E-state index in [4.69, 9.17) is 9.47 Å². The fourth-order valence-electron chi connectivity index (χ4n) is 2.61. The lowest BCUT2D eigenvalue weighted by molar-refractivity contribution is 0.320. The Bertz CT molecular complexity index is 636. The lowest BCUT2D eigenvalue weighted by atomic mass is 9.90. The van der Waals surface area contributed by atoms with Gasteiger partial charge in [0.25, 0.3) is 0 Å². The Morgan fingerprint density at radius 2 is 1.73 bits per heavy atom. The quantitative estimate of drug-likeness (QED) is 0.772. The number of aromatic hydroxyl groups is 1. The van der Waals surface area contributed by atoms with Crippen LogP contribution in [-0.4, -0.2) is 32.3 Å². The van der Waals surface area contributed by atoms with Crippen molar-refractivity contribution in [3.05, 3.63) is 11.1 Å². The van der Waals surface area contributed by atoms with Crippen LogP contribution in [0.5, 0.6) is 17.2 Å². The highest BCUT2D eigenvalue weighted by Crippen LogP contribution is 2.49. The van der Waals surface area contributed by atoms with E-state index in [-0.39, 0.29) is 23.2 Å². The van der Waals surface area contributed by atoms with Gasteiger partial charge in [-0.2, -0.15) is 0 Å². The molecule has 126 valence electrons. The molecule has 0 aliphatic heterocycles. The van der Waals surface area contributed by atoms with Crippen molar-refractivity contribution in [3.8, 4) is 17.2 Å². The van der Waals surface area contributed by atoms with Gasteiger partial charge in [0.05, 0.1) is 14.2 Å². The molecule has 0 aliphatic rings. The largest absolute Gasteiger partial charge is 0.744 e. The van der Waals surface area contributed by atoms with Gasteiger partial charge in [0.15, 0.2) is 11.5 Å². The molecule has 1 rings (SSSR count). The third-order valence-electron chi connectivity index (χ3n) is 3.75. The summed E-state index contributed by atoms with van der Waals surface area (Å²) in [5, 5.41) is 10.5. The fraction of sp³-hybridized carbons (Fsp3) is 0.600. The number of hydrogen-bond donors (Lipinski definition) is 1. The Morgan fingerprint density at radius 1 is 1.18 bits per heavy atom. The van der Waals surface area contributed by atoms with Crippen LogP contribution in [0.1, 0.15) is 50.7 Å². The van der Waals surface area contributed by atoms with Crippen molar-refractivity contribution < 1.29 is 27.6 Å². The van der Waals surface area contributed by atoms with Crippen LogP contribution in [0.4, 0.5) is 0 Å². The monoisotopic (exact) mass is 331 g/mol. The lowest BCUT2D eigenvalue weighted by Gasteiger charge is -2.25. The van der Waals surface area contributed by atoms with Crippen LogP contribution >= 0.6 is 0 Å². The highest BCUT2D eigenvalue weighted by molar-refractivity contribution is 7.86. The maximum absolute atomic E-state index is 11.8. The number of rotatable bonds is 7. The molecule has 0 fully saturated rings. The van der Waals surface area contributed by atoms with Crippen LogP contribution < -0.4 is 9.47 Å². The molecule has 0 aromatic heterocycles. The molecular weight excluding hydrogens is 308 g/mol. The average molecular weight is 331 g/mol. The fourth-order valence-corrected chi connectivity index (χ4v) is 3.52. The van der Waals surface area contributed by atoms with Gasteiger partial charge in [-0.15, -0.1) is 0 Å². The summed E-state index contributed by atoms with van der Waals surface area (Å²) in [7, 11) is -2.25. The maximum atomic E-state index is 11.8. The van der Waals surface area contributed by atoms with E-state index in [1.54, 1.807) is 0 Å². The topological polar surface area (TPSA) is 95.9 Å². The van der Waals surface area contributed by atoms with E-state index in [2.05, 4.69) is 0 Å². The molecule has 0 amide bonds. The molecule has 22 heavy (non-hydrogen) atoms. The highest BCUT2D eigenvalue weighted by Gasteiger charge is 2.29. The average Bonchev–Trinajstić information content (AvgIpc) is 2.44. The van der Waals surface area contributed by atoms with Crippen molar-refractivity contribution in [2.75, 3.05) is 14.2 Å². The molecule has 1 N–H and O–H groups in total. The summed E-state index contributed by atoms with van der Waals surface area (Å²) in [5.74, 6) is -0.635. The molecule has 7 heteroatoms.